The van der Waals surface area contributed by atoms with Gasteiger partial charge >= 0.3 is 0 Å². The number of aromatic amines is 1. The second-order valence-electron chi connectivity index (χ2n) is 7.43. The van der Waals surface area contributed by atoms with E-state index in [9.17, 15) is 9.18 Å². The molecule has 1 aliphatic heterocycles. The van der Waals surface area contributed by atoms with Crippen molar-refractivity contribution < 1.29 is 9.18 Å². The first kappa shape index (κ1) is 19.9. The van der Waals surface area contributed by atoms with Gasteiger partial charge in [-0.05, 0) is 48.6 Å². The zero-order valence-corrected chi connectivity index (χ0v) is 16.7. The average molecular weight is 404 g/mol. The van der Waals surface area contributed by atoms with Gasteiger partial charge in [-0.15, -0.1) is 0 Å². The minimum atomic E-state index is -0.260. The molecular formula is C24H25FN4O. The number of rotatable bonds is 5. The van der Waals surface area contributed by atoms with Crippen LogP contribution in [0.5, 0.6) is 0 Å². The fourth-order valence-electron chi connectivity index (χ4n) is 3.79. The first-order valence-corrected chi connectivity index (χ1v) is 10.2. The van der Waals surface area contributed by atoms with Gasteiger partial charge in [0.05, 0.1) is 0 Å². The summed E-state index contributed by atoms with van der Waals surface area (Å²) in [5, 5.41) is 7.28. The van der Waals surface area contributed by atoms with Crippen LogP contribution in [0.25, 0.3) is 10.9 Å². The molecule has 0 saturated carbocycles. The van der Waals surface area contributed by atoms with E-state index in [1.165, 1.54) is 23.1 Å². The molecule has 4 rings (SSSR count). The summed E-state index contributed by atoms with van der Waals surface area (Å²) in [6.07, 6.45) is 7.61. The molecule has 1 atom stereocenters. The Morgan fingerprint density at radius 2 is 2.10 bits per heavy atom. The highest BCUT2D eigenvalue weighted by Crippen LogP contribution is 2.23. The number of aromatic nitrogens is 1. The Hall–Kier alpha value is -3.41. The molecule has 5 nitrogen and oxygen atoms in total. The third kappa shape index (κ3) is 4.76. The minimum absolute atomic E-state index is 0.0250. The second-order valence-corrected chi connectivity index (χ2v) is 7.43. The van der Waals surface area contributed by atoms with Crippen LogP contribution in [-0.2, 0) is 11.2 Å². The van der Waals surface area contributed by atoms with E-state index in [1.54, 1.807) is 12.3 Å². The Morgan fingerprint density at radius 1 is 1.20 bits per heavy atom. The van der Waals surface area contributed by atoms with Crippen molar-refractivity contribution in [1.29, 1.82) is 0 Å². The molecule has 30 heavy (non-hydrogen) atoms. The van der Waals surface area contributed by atoms with Gasteiger partial charge in [0.2, 0.25) is 5.91 Å². The Balaban J connectivity index is 1.36. The number of aliphatic imine (C=N–C) groups is 1. The Bertz CT molecular complexity index is 1090. The second kappa shape index (κ2) is 9.39. The summed E-state index contributed by atoms with van der Waals surface area (Å²) in [4.78, 5) is 20.4. The fraction of sp³-hybridized carbons (Fsp3) is 0.250. The fourth-order valence-corrected chi connectivity index (χ4v) is 3.79. The summed E-state index contributed by atoms with van der Waals surface area (Å²) < 4.78 is 13.6. The molecule has 0 bridgehead atoms. The molecule has 3 aromatic rings. The summed E-state index contributed by atoms with van der Waals surface area (Å²) in [6.45, 7) is 0.944. The van der Waals surface area contributed by atoms with Crippen LogP contribution >= 0.6 is 0 Å². The van der Waals surface area contributed by atoms with Crippen LogP contribution in [0.4, 0.5) is 4.39 Å². The third-order valence-corrected chi connectivity index (χ3v) is 5.39. The van der Waals surface area contributed by atoms with Crippen molar-refractivity contribution in [2.24, 2.45) is 4.99 Å². The molecule has 2 heterocycles. The summed E-state index contributed by atoms with van der Waals surface area (Å²) in [7, 11) is 0. The van der Waals surface area contributed by atoms with Gasteiger partial charge in [0, 0.05) is 47.6 Å². The number of H-pyrrole nitrogens is 1. The van der Waals surface area contributed by atoms with Gasteiger partial charge in [-0.3, -0.25) is 9.79 Å². The number of nitrogens with one attached hydrogen (secondary N) is 3. The molecule has 154 valence electrons. The van der Waals surface area contributed by atoms with Gasteiger partial charge in [0.15, 0.2) is 0 Å². The van der Waals surface area contributed by atoms with Gasteiger partial charge < -0.3 is 15.6 Å². The van der Waals surface area contributed by atoms with E-state index >= 15 is 0 Å². The molecular weight excluding hydrogens is 379 g/mol. The molecule has 1 aliphatic rings. The van der Waals surface area contributed by atoms with E-state index in [-0.39, 0.29) is 17.6 Å². The van der Waals surface area contributed by atoms with E-state index < -0.39 is 0 Å². The minimum Gasteiger partial charge on any atom is -0.372 e. The molecule has 0 fully saturated rings. The average Bonchev–Trinajstić information content (AvgIpc) is 3.21. The molecule has 6 heteroatoms. The van der Waals surface area contributed by atoms with Crippen LogP contribution < -0.4 is 10.6 Å². The molecule has 3 N–H and O–H groups in total. The number of carbonyl (C=O) groups excluding carboxylic acids is 1. The van der Waals surface area contributed by atoms with Crippen LogP contribution in [0, 0.1) is 5.82 Å². The van der Waals surface area contributed by atoms with Crippen LogP contribution in [-0.4, -0.2) is 30.3 Å². The highest BCUT2D eigenvalue weighted by Gasteiger charge is 2.16. The third-order valence-electron chi connectivity index (χ3n) is 5.39. The van der Waals surface area contributed by atoms with Gasteiger partial charge in [-0.1, -0.05) is 30.3 Å². The number of carbonyl (C=O) groups is 1. The standard InChI is InChI=1S/C24H25FN4O/c25-21-5-3-4-17(12-21)18-8-9-20(14-27-16-26-13-18)24(30)28-11-10-19-15-29-23-7-2-1-6-22(19)23/h1-7,12-15,18,27,29H,8-11,16H2,(H,28,30)/b20-14+,26-13-. The predicted molar refractivity (Wildman–Crippen MR) is 118 cm³/mol. The lowest BCUT2D eigenvalue weighted by Crippen LogP contribution is -2.28. The summed E-state index contributed by atoms with van der Waals surface area (Å²) >= 11 is 0. The molecule has 0 spiro atoms. The van der Waals surface area contributed by atoms with Crippen molar-refractivity contribution in [1.82, 2.24) is 15.6 Å². The van der Waals surface area contributed by atoms with Crippen molar-refractivity contribution in [2.75, 3.05) is 13.2 Å². The summed E-state index contributed by atoms with van der Waals surface area (Å²) in [6, 6.07) is 14.7. The zero-order chi connectivity index (χ0) is 20.8. The number of halogens is 1. The van der Waals surface area contributed by atoms with Gasteiger partial charge in [0.25, 0.3) is 0 Å². The topological polar surface area (TPSA) is 69.3 Å². The number of amides is 1. The van der Waals surface area contributed by atoms with E-state index in [1.807, 2.05) is 36.7 Å². The maximum atomic E-state index is 13.6. The molecule has 1 aromatic heterocycles. The van der Waals surface area contributed by atoms with Gasteiger partial charge in [-0.25, -0.2) is 4.39 Å². The predicted octanol–water partition coefficient (Wildman–Crippen LogP) is 4.05. The lowest BCUT2D eigenvalue weighted by atomic mass is 9.93. The van der Waals surface area contributed by atoms with E-state index in [2.05, 4.69) is 26.7 Å². The smallest absolute Gasteiger partial charge is 0.248 e. The van der Waals surface area contributed by atoms with Crippen LogP contribution in [0.2, 0.25) is 0 Å². The monoisotopic (exact) mass is 404 g/mol. The number of nitrogens with zero attached hydrogens (tertiary/aromatic N) is 1. The van der Waals surface area contributed by atoms with E-state index in [0.717, 1.165) is 17.5 Å². The number of hydrogen-bond donors (Lipinski definition) is 3. The Kier molecular flexibility index (Phi) is 6.23. The van der Waals surface area contributed by atoms with Gasteiger partial charge in [0.1, 0.15) is 12.5 Å². The van der Waals surface area contributed by atoms with Crippen molar-refractivity contribution in [3.63, 3.8) is 0 Å². The number of benzene rings is 2. The van der Waals surface area contributed by atoms with Crippen LogP contribution in [0.3, 0.4) is 0 Å². The first-order valence-electron chi connectivity index (χ1n) is 10.2. The van der Waals surface area contributed by atoms with Crippen LogP contribution in [0.1, 0.15) is 29.9 Å². The zero-order valence-electron chi connectivity index (χ0n) is 16.7. The largest absolute Gasteiger partial charge is 0.372 e. The van der Waals surface area contributed by atoms with Crippen molar-refractivity contribution in [2.45, 2.75) is 25.2 Å². The van der Waals surface area contributed by atoms with E-state index in [0.29, 0.717) is 31.6 Å². The molecule has 0 aliphatic carbocycles. The van der Waals surface area contributed by atoms with Crippen molar-refractivity contribution in [3.8, 4) is 0 Å². The maximum absolute atomic E-state index is 13.6. The van der Waals surface area contributed by atoms with Crippen LogP contribution in [0.15, 0.2) is 71.5 Å². The highest BCUT2D eigenvalue weighted by atomic mass is 19.1. The Morgan fingerprint density at radius 3 is 3.00 bits per heavy atom. The lowest BCUT2D eigenvalue weighted by molar-refractivity contribution is -0.117. The number of hydrogen-bond acceptors (Lipinski definition) is 3. The maximum Gasteiger partial charge on any atom is 0.248 e. The van der Waals surface area contributed by atoms with Gasteiger partial charge in [-0.2, -0.15) is 0 Å². The molecule has 1 amide bonds. The van der Waals surface area contributed by atoms with Crippen molar-refractivity contribution in [3.05, 3.63) is 83.4 Å². The molecule has 0 radical (unpaired) electrons. The number of fused-ring (bicyclic) bond motifs is 1. The lowest BCUT2D eigenvalue weighted by Gasteiger charge is -2.14. The normalized spacial score (nSPS) is 19.6. The summed E-state index contributed by atoms with van der Waals surface area (Å²) in [5.41, 5.74) is 3.85. The Labute approximate surface area is 175 Å². The SMILES string of the molecule is O=C(NCCc1c[nH]c2ccccc12)/C1=C/NC/N=C\C(c2cccc(F)c2)CC1. The van der Waals surface area contributed by atoms with E-state index in [4.69, 9.17) is 0 Å². The van der Waals surface area contributed by atoms with Crippen molar-refractivity contribution >= 4 is 23.0 Å². The number of para-hydroxylation sites is 1. The highest BCUT2D eigenvalue weighted by molar-refractivity contribution is 5.93. The molecule has 2 aromatic carbocycles. The molecule has 0 saturated heterocycles. The summed E-state index contributed by atoms with van der Waals surface area (Å²) in [5.74, 6) is -0.366. The quantitative estimate of drug-likeness (QED) is 0.601. The molecule has 1 unspecified atom stereocenters. The first-order chi connectivity index (χ1) is 14.7.